The number of carbonyl (C=O) groups is 2. The van der Waals surface area contributed by atoms with Crippen molar-refractivity contribution in [3.8, 4) is 6.07 Å². The molecule has 168 valence electrons. The van der Waals surface area contributed by atoms with Gasteiger partial charge in [0.1, 0.15) is 11.6 Å². The lowest BCUT2D eigenvalue weighted by Gasteiger charge is -2.27. The molecule has 1 aromatic rings. The zero-order valence-electron chi connectivity index (χ0n) is 19.6. The number of hydrogen-bond donors (Lipinski definition) is 0. The standard InChI is InChI=1S/C24H34N4O2S/c1-7-10-11-12-13-28-22(29)18(17(6)19(15-25)23(28)30)14-20-21(16(4)5)26-24(31-20)27(8-2)9-3/h14,16H,7-13H2,1-6H3/b18-14-. The molecular formula is C24H34N4O2S. The maximum absolute atomic E-state index is 13.3. The van der Waals surface area contributed by atoms with Gasteiger partial charge < -0.3 is 4.90 Å². The summed E-state index contributed by atoms with van der Waals surface area (Å²) in [5.74, 6) is -0.598. The van der Waals surface area contributed by atoms with Crippen LogP contribution in [0.5, 0.6) is 0 Å². The number of aromatic nitrogens is 1. The van der Waals surface area contributed by atoms with Gasteiger partial charge in [0, 0.05) is 25.2 Å². The summed E-state index contributed by atoms with van der Waals surface area (Å²) in [5.41, 5.74) is 1.86. The van der Waals surface area contributed by atoms with Crippen LogP contribution in [-0.4, -0.2) is 41.3 Å². The Kier molecular flexibility index (Phi) is 9.00. The molecule has 0 unspecified atom stereocenters. The molecule has 7 heteroatoms. The quantitative estimate of drug-likeness (QED) is 0.280. The molecule has 0 fully saturated rings. The normalized spacial score (nSPS) is 15.9. The van der Waals surface area contributed by atoms with E-state index >= 15 is 0 Å². The molecule has 0 aliphatic carbocycles. The number of unbranched alkanes of at least 4 members (excludes halogenated alkanes) is 3. The Hall–Kier alpha value is -2.46. The highest BCUT2D eigenvalue weighted by Crippen LogP contribution is 2.35. The fourth-order valence-corrected chi connectivity index (χ4v) is 4.93. The third-order valence-electron chi connectivity index (χ3n) is 5.59. The van der Waals surface area contributed by atoms with Crippen molar-refractivity contribution in [3.05, 3.63) is 27.3 Å². The Morgan fingerprint density at radius 1 is 1.13 bits per heavy atom. The van der Waals surface area contributed by atoms with Crippen LogP contribution in [-0.2, 0) is 9.59 Å². The monoisotopic (exact) mass is 442 g/mol. The van der Waals surface area contributed by atoms with Gasteiger partial charge in [-0.2, -0.15) is 5.26 Å². The van der Waals surface area contributed by atoms with Gasteiger partial charge in [-0.1, -0.05) is 51.4 Å². The minimum Gasteiger partial charge on any atom is -0.349 e. The molecule has 0 saturated heterocycles. The van der Waals surface area contributed by atoms with E-state index in [2.05, 4.69) is 39.5 Å². The van der Waals surface area contributed by atoms with Gasteiger partial charge in [0.05, 0.1) is 10.6 Å². The fraction of sp³-hybridized carbons (Fsp3) is 0.583. The third kappa shape index (κ3) is 5.43. The van der Waals surface area contributed by atoms with Gasteiger partial charge in [0.25, 0.3) is 11.8 Å². The van der Waals surface area contributed by atoms with E-state index in [0.717, 1.165) is 54.5 Å². The van der Waals surface area contributed by atoms with E-state index in [9.17, 15) is 14.9 Å². The highest BCUT2D eigenvalue weighted by atomic mass is 32.1. The van der Waals surface area contributed by atoms with E-state index < -0.39 is 5.91 Å². The molecule has 1 aliphatic heterocycles. The largest absolute Gasteiger partial charge is 0.349 e. The molecule has 1 aliphatic rings. The summed E-state index contributed by atoms with van der Waals surface area (Å²) in [7, 11) is 0. The summed E-state index contributed by atoms with van der Waals surface area (Å²) >= 11 is 1.56. The molecule has 2 rings (SSSR count). The molecule has 31 heavy (non-hydrogen) atoms. The van der Waals surface area contributed by atoms with Crippen molar-refractivity contribution >= 4 is 34.4 Å². The lowest BCUT2D eigenvalue weighted by atomic mass is 9.94. The molecule has 0 saturated carbocycles. The average Bonchev–Trinajstić information content (AvgIpc) is 3.16. The lowest BCUT2D eigenvalue weighted by molar-refractivity contribution is -0.140. The van der Waals surface area contributed by atoms with E-state index in [1.54, 1.807) is 18.3 Å². The first-order valence-corrected chi connectivity index (χ1v) is 12.1. The number of hydrogen-bond acceptors (Lipinski definition) is 6. The zero-order valence-corrected chi connectivity index (χ0v) is 20.4. The number of rotatable bonds is 10. The summed E-state index contributed by atoms with van der Waals surface area (Å²) in [6.45, 7) is 14.2. The summed E-state index contributed by atoms with van der Waals surface area (Å²) < 4.78 is 0. The van der Waals surface area contributed by atoms with Crippen molar-refractivity contribution in [2.75, 3.05) is 24.5 Å². The smallest absolute Gasteiger partial charge is 0.271 e. The van der Waals surface area contributed by atoms with Gasteiger partial charge in [-0.15, -0.1) is 0 Å². The van der Waals surface area contributed by atoms with Crippen LogP contribution in [0.15, 0.2) is 16.7 Å². The number of thiazole rings is 1. The first-order chi connectivity index (χ1) is 14.8. The number of nitrogens with zero attached hydrogens (tertiary/aromatic N) is 4. The minimum atomic E-state index is -0.476. The lowest BCUT2D eigenvalue weighted by Crippen LogP contribution is -2.43. The van der Waals surface area contributed by atoms with Crippen molar-refractivity contribution in [2.24, 2.45) is 0 Å². The highest BCUT2D eigenvalue weighted by Gasteiger charge is 2.35. The van der Waals surface area contributed by atoms with Crippen LogP contribution in [0.2, 0.25) is 0 Å². The van der Waals surface area contributed by atoms with Crippen LogP contribution in [0.4, 0.5) is 5.13 Å². The van der Waals surface area contributed by atoms with E-state index in [-0.39, 0.29) is 17.4 Å². The SMILES string of the molecule is CCCCCCN1C(=O)C(C#N)=C(C)/C(=C/c2sc(N(CC)CC)nc2C(C)C)C1=O. The van der Waals surface area contributed by atoms with Crippen molar-refractivity contribution in [3.63, 3.8) is 0 Å². The Morgan fingerprint density at radius 3 is 2.35 bits per heavy atom. The second-order valence-electron chi connectivity index (χ2n) is 8.07. The maximum Gasteiger partial charge on any atom is 0.271 e. The number of amides is 2. The fourth-order valence-electron chi connectivity index (χ4n) is 3.64. The molecule has 0 N–H and O–H groups in total. The van der Waals surface area contributed by atoms with Crippen LogP contribution in [0.1, 0.15) is 83.7 Å². The zero-order chi connectivity index (χ0) is 23.1. The maximum atomic E-state index is 13.3. The molecule has 2 heterocycles. The Labute approximate surface area is 190 Å². The second kappa shape index (κ2) is 11.2. The average molecular weight is 443 g/mol. The molecule has 1 aromatic heterocycles. The molecule has 2 amide bonds. The molecule has 0 spiro atoms. The van der Waals surface area contributed by atoms with Crippen LogP contribution in [0.3, 0.4) is 0 Å². The molecule has 6 nitrogen and oxygen atoms in total. The molecule has 0 atom stereocenters. The van der Waals surface area contributed by atoms with E-state index in [4.69, 9.17) is 4.98 Å². The molecule has 0 radical (unpaired) electrons. The molecular weight excluding hydrogens is 408 g/mol. The third-order valence-corrected chi connectivity index (χ3v) is 6.67. The Morgan fingerprint density at radius 2 is 1.81 bits per heavy atom. The van der Waals surface area contributed by atoms with Crippen molar-refractivity contribution < 1.29 is 9.59 Å². The molecule has 0 bridgehead atoms. The van der Waals surface area contributed by atoms with E-state index in [1.165, 1.54) is 4.90 Å². The van der Waals surface area contributed by atoms with Crippen molar-refractivity contribution in [2.45, 2.75) is 73.1 Å². The predicted molar refractivity (Wildman–Crippen MR) is 127 cm³/mol. The summed E-state index contributed by atoms with van der Waals surface area (Å²) in [5, 5.41) is 10.5. The van der Waals surface area contributed by atoms with E-state index in [1.807, 2.05) is 12.1 Å². The molecule has 0 aromatic carbocycles. The van der Waals surface area contributed by atoms with Gasteiger partial charge in [-0.05, 0) is 44.8 Å². The number of carbonyl (C=O) groups excluding carboxylic acids is 2. The van der Waals surface area contributed by atoms with Crippen LogP contribution >= 0.6 is 11.3 Å². The van der Waals surface area contributed by atoms with Gasteiger partial charge >= 0.3 is 0 Å². The topological polar surface area (TPSA) is 77.3 Å². The Balaban J connectivity index is 2.52. The number of anilines is 1. The first-order valence-electron chi connectivity index (χ1n) is 11.2. The Bertz CT molecular complexity index is 916. The predicted octanol–water partition coefficient (Wildman–Crippen LogP) is 5.29. The highest BCUT2D eigenvalue weighted by molar-refractivity contribution is 7.16. The van der Waals surface area contributed by atoms with Gasteiger partial charge in [-0.25, -0.2) is 4.98 Å². The second-order valence-corrected chi connectivity index (χ2v) is 9.07. The van der Waals surface area contributed by atoms with Crippen molar-refractivity contribution in [1.29, 1.82) is 5.26 Å². The van der Waals surface area contributed by atoms with Crippen LogP contribution in [0, 0.1) is 11.3 Å². The van der Waals surface area contributed by atoms with Gasteiger partial charge in [-0.3, -0.25) is 14.5 Å². The summed E-state index contributed by atoms with van der Waals surface area (Å²) in [6.07, 6.45) is 5.68. The number of imide groups is 1. The van der Waals surface area contributed by atoms with E-state index in [0.29, 0.717) is 17.7 Å². The van der Waals surface area contributed by atoms with Gasteiger partial charge in [0.2, 0.25) is 0 Å². The van der Waals surface area contributed by atoms with Crippen LogP contribution in [0.25, 0.3) is 6.08 Å². The van der Waals surface area contributed by atoms with Crippen LogP contribution < -0.4 is 4.90 Å². The summed E-state index contributed by atoms with van der Waals surface area (Å²) in [6, 6.07) is 2.03. The number of nitriles is 1. The van der Waals surface area contributed by atoms with Crippen molar-refractivity contribution in [1.82, 2.24) is 9.88 Å². The minimum absolute atomic E-state index is 0.0564. The first kappa shape index (κ1) is 24.8. The summed E-state index contributed by atoms with van der Waals surface area (Å²) in [4.78, 5) is 35.2. The van der Waals surface area contributed by atoms with Gasteiger partial charge in [0.15, 0.2) is 5.13 Å².